The van der Waals surface area contributed by atoms with E-state index in [1.165, 1.54) is 0 Å². The van der Waals surface area contributed by atoms with E-state index in [1.54, 1.807) is 30.3 Å². The first-order chi connectivity index (χ1) is 11.5. The molecule has 0 bridgehead atoms. The maximum atomic E-state index is 12.1. The van der Waals surface area contributed by atoms with E-state index in [0.717, 1.165) is 22.7 Å². The zero-order valence-corrected chi connectivity index (χ0v) is 13.0. The van der Waals surface area contributed by atoms with Gasteiger partial charge in [0.1, 0.15) is 22.9 Å². The van der Waals surface area contributed by atoms with Crippen LogP contribution in [0.25, 0.3) is 0 Å². The highest BCUT2D eigenvalue weighted by Gasteiger charge is 2.54. The molecule has 2 heterocycles. The molecule has 8 nitrogen and oxygen atoms in total. The van der Waals surface area contributed by atoms with Crippen molar-refractivity contribution in [2.45, 2.75) is 11.4 Å². The molecular weight excluding hydrogens is 336 g/mol. The Labute approximate surface area is 140 Å². The van der Waals surface area contributed by atoms with Gasteiger partial charge in [-0.1, -0.05) is 30.0 Å². The molecule has 0 spiro atoms. The zero-order chi connectivity index (χ0) is 17.3. The first-order valence-corrected chi connectivity index (χ1v) is 7.81. The number of hydrogen-bond donors (Lipinski definition) is 2. The van der Waals surface area contributed by atoms with Crippen molar-refractivity contribution in [3.63, 3.8) is 0 Å². The highest BCUT2D eigenvalue weighted by atomic mass is 32.2. The van der Waals surface area contributed by atoms with Crippen molar-refractivity contribution in [1.29, 1.82) is 0 Å². The summed E-state index contributed by atoms with van der Waals surface area (Å²) in [7, 11) is 0. The molecule has 0 unspecified atom stereocenters. The SMILES string of the molecule is O=C(COc1ccccc1)N[C@@H]1C(=O)N2C(C(=O)O)=CC(=O)S[C@@H]12. The number of fused-ring (bicyclic) bond motifs is 1. The third-order valence-electron chi connectivity index (χ3n) is 3.44. The van der Waals surface area contributed by atoms with Crippen LogP contribution < -0.4 is 10.1 Å². The molecule has 0 aromatic heterocycles. The molecule has 9 heteroatoms. The van der Waals surface area contributed by atoms with E-state index in [2.05, 4.69) is 5.32 Å². The fourth-order valence-corrected chi connectivity index (χ4v) is 3.41. The number of carboxylic acid groups (broad SMARTS) is 1. The molecule has 2 aliphatic heterocycles. The van der Waals surface area contributed by atoms with Crippen LogP contribution in [0.1, 0.15) is 0 Å². The number of carbonyl (C=O) groups excluding carboxylic acids is 3. The van der Waals surface area contributed by atoms with Gasteiger partial charge in [-0.15, -0.1) is 0 Å². The van der Waals surface area contributed by atoms with Crippen LogP contribution in [-0.4, -0.2) is 50.9 Å². The van der Waals surface area contributed by atoms with E-state index < -0.39 is 34.3 Å². The van der Waals surface area contributed by atoms with Gasteiger partial charge in [-0.05, 0) is 12.1 Å². The summed E-state index contributed by atoms with van der Waals surface area (Å²) >= 11 is 0.797. The van der Waals surface area contributed by atoms with Crippen LogP contribution in [0.2, 0.25) is 0 Å². The van der Waals surface area contributed by atoms with E-state index in [0.29, 0.717) is 5.75 Å². The molecule has 0 saturated carbocycles. The summed E-state index contributed by atoms with van der Waals surface area (Å²) in [6, 6.07) is 7.73. The molecule has 1 aromatic carbocycles. The predicted octanol–water partition coefficient (Wildman–Crippen LogP) is -0.0396. The average Bonchev–Trinajstić information content (AvgIpc) is 2.57. The van der Waals surface area contributed by atoms with E-state index in [4.69, 9.17) is 9.84 Å². The number of benzene rings is 1. The van der Waals surface area contributed by atoms with Gasteiger partial charge in [-0.3, -0.25) is 19.3 Å². The smallest absolute Gasteiger partial charge is 0.352 e. The number of carboxylic acids is 1. The summed E-state index contributed by atoms with van der Waals surface area (Å²) in [5.41, 5.74) is -0.375. The highest BCUT2D eigenvalue weighted by Crippen LogP contribution is 2.38. The molecule has 2 amide bonds. The first-order valence-electron chi connectivity index (χ1n) is 6.93. The Morgan fingerprint density at radius 2 is 1.96 bits per heavy atom. The van der Waals surface area contributed by atoms with Gasteiger partial charge in [0.15, 0.2) is 6.61 Å². The number of nitrogens with zero attached hydrogens (tertiary/aromatic N) is 1. The quantitative estimate of drug-likeness (QED) is 0.718. The minimum absolute atomic E-state index is 0.291. The van der Waals surface area contributed by atoms with Crippen LogP contribution in [-0.2, 0) is 19.2 Å². The fourth-order valence-electron chi connectivity index (χ4n) is 2.35. The van der Waals surface area contributed by atoms with E-state index >= 15 is 0 Å². The summed E-state index contributed by atoms with van der Waals surface area (Å²) in [6.07, 6.45) is 0.901. The Bertz CT molecular complexity index is 748. The Hall–Kier alpha value is -2.81. The number of thioether (sulfide) groups is 1. The molecule has 124 valence electrons. The second-order valence-electron chi connectivity index (χ2n) is 5.02. The van der Waals surface area contributed by atoms with Crippen LogP contribution in [0.15, 0.2) is 42.1 Å². The summed E-state index contributed by atoms with van der Waals surface area (Å²) in [4.78, 5) is 47.6. The number of para-hydroxylation sites is 1. The molecule has 0 radical (unpaired) electrons. The standard InChI is InChI=1S/C15H12N2O6S/c18-10(7-23-8-4-2-1-3-5-8)16-12-13(20)17-9(15(21)22)6-11(19)24-14(12)17/h1-6,12,14H,7H2,(H,16,18)(H,21,22)/t12-,14+/m1/s1. The van der Waals surface area contributed by atoms with Crippen LogP contribution in [0.5, 0.6) is 5.75 Å². The summed E-state index contributed by atoms with van der Waals surface area (Å²) in [6.45, 7) is -0.291. The monoisotopic (exact) mass is 348 g/mol. The maximum Gasteiger partial charge on any atom is 0.352 e. The number of rotatable bonds is 5. The lowest BCUT2D eigenvalue weighted by Crippen LogP contribution is -2.70. The number of β-lactam (4-membered cyclic amide) rings is 1. The predicted molar refractivity (Wildman–Crippen MR) is 82.8 cm³/mol. The van der Waals surface area contributed by atoms with Crippen molar-refractivity contribution in [3.8, 4) is 5.75 Å². The summed E-state index contributed by atoms with van der Waals surface area (Å²) < 4.78 is 5.27. The molecule has 24 heavy (non-hydrogen) atoms. The number of hydrogen-bond acceptors (Lipinski definition) is 6. The molecular formula is C15H12N2O6S. The summed E-state index contributed by atoms with van der Waals surface area (Å²) in [5.74, 6) is -1.95. The van der Waals surface area contributed by atoms with E-state index in [1.807, 2.05) is 0 Å². The zero-order valence-electron chi connectivity index (χ0n) is 12.2. The third kappa shape index (κ3) is 2.98. The Morgan fingerprint density at radius 3 is 2.62 bits per heavy atom. The second-order valence-corrected chi connectivity index (χ2v) is 6.14. The van der Waals surface area contributed by atoms with Crippen LogP contribution in [0.4, 0.5) is 0 Å². The number of aliphatic carboxylic acids is 1. The topological polar surface area (TPSA) is 113 Å². The van der Waals surface area contributed by atoms with Crippen molar-refractivity contribution >= 4 is 34.7 Å². The largest absolute Gasteiger partial charge is 0.484 e. The number of amides is 2. The minimum atomic E-state index is -1.36. The maximum absolute atomic E-state index is 12.1. The number of ether oxygens (including phenoxy) is 1. The van der Waals surface area contributed by atoms with Crippen molar-refractivity contribution in [2.24, 2.45) is 0 Å². The van der Waals surface area contributed by atoms with Crippen molar-refractivity contribution < 1.29 is 29.0 Å². The summed E-state index contributed by atoms with van der Waals surface area (Å²) in [5, 5.41) is 10.3. The average molecular weight is 348 g/mol. The van der Waals surface area contributed by atoms with Crippen molar-refractivity contribution in [1.82, 2.24) is 10.2 Å². The fraction of sp³-hybridized carbons (Fsp3) is 0.200. The van der Waals surface area contributed by atoms with Gasteiger partial charge in [-0.2, -0.15) is 0 Å². The molecule has 1 saturated heterocycles. The highest BCUT2D eigenvalue weighted by molar-refractivity contribution is 8.14. The second kappa shape index (κ2) is 6.36. The van der Waals surface area contributed by atoms with Crippen molar-refractivity contribution in [2.75, 3.05) is 6.61 Å². The first kappa shape index (κ1) is 16.1. The van der Waals surface area contributed by atoms with Gasteiger partial charge in [0.2, 0.25) is 5.12 Å². The molecule has 2 aliphatic rings. The van der Waals surface area contributed by atoms with Crippen LogP contribution in [0, 0.1) is 0 Å². The van der Waals surface area contributed by atoms with Gasteiger partial charge >= 0.3 is 5.97 Å². The Morgan fingerprint density at radius 1 is 1.25 bits per heavy atom. The lowest BCUT2D eigenvalue weighted by Gasteiger charge is -2.47. The lowest BCUT2D eigenvalue weighted by molar-refractivity contribution is -0.151. The Balaban J connectivity index is 1.60. The van der Waals surface area contributed by atoms with Crippen LogP contribution in [0.3, 0.4) is 0 Å². The van der Waals surface area contributed by atoms with Gasteiger partial charge < -0.3 is 15.2 Å². The number of nitrogens with one attached hydrogen (secondary N) is 1. The van der Waals surface area contributed by atoms with E-state index in [-0.39, 0.29) is 12.3 Å². The Kier molecular flexibility index (Phi) is 4.26. The van der Waals surface area contributed by atoms with E-state index in [9.17, 15) is 19.2 Å². The number of carbonyl (C=O) groups is 4. The molecule has 2 atom stereocenters. The van der Waals surface area contributed by atoms with Gasteiger partial charge in [-0.25, -0.2) is 4.79 Å². The molecule has 0 aliphatic carbocycles. The van der Waals surface area contributed by atoms with Gasteiger partial charge in [0.05, 0.1) is 0 Å². The normalized spacial score (nSPS) is 22.2. The molecule has 3 rings (SSSR count). The van der Waals surface area contributed by atoms with Gasteiger partial charge in [0, 0.05) is 6.08 Å². The minimum Gasteiger partial charge on any atom is -0.484 e. The molecule has 2 N–H and O–H groups in total. The lowest BCUT2D eigenvalue weighted by atomic mass is 10.1. The molecule has 1 fully saturated rings. The molecule has 1 aromatic rings. The van der Waals surface area contributed by atoms with Crippen molar-refractivity contribution in [3.05, 3.63) is 42.1 Å². The van der Waals surface area contributed by atoms with Crippen LogP contribution >= 0.6 is 11.8 Å². The van der Waals surface area contributed by atoms with Gasteiger partial charge in [0.25, 0.3) is 11.8 Å². The third-order valence-corrected chi connectivity index (χ3v) is 4.52.